The van der Waals surface area contributed by atoms with Gasteiger partial charge in [-0.1, -0.05) is 0 Å². The van der Waals surface area contributed by atoms with Crippen LogP contribution in [0, 0.1) is 6.92 Å². The first-order chi connectivity index (χ1) is 10.2. The average molecular weight is 318 g/mol. The van der Waals surface area contributed by atoms with Crippen LogP contribution in [0.25, 0.3) is 0 Å². The summed E-state index contributed by atoms with van der Waals surface area (Å²) in [4.78, 5) is 5.43. The third kappa shape index (κ3) is 9.13. The van der Waals surface area contributed by atoms with Crippen molar-refractivity contribution in [2.45, 2.75) is 25.9 Å². The number of nitrogens with zero attached hydrogens (tertiary/aromatic N) is 1. The van der Waals surface area contributed by atoms with Crippen LogP contribution < -0.4 is 5.32 Å². The van der Waals surface area contributed by atoms with E-state index in [0.717, 1.165) is 25.1 Å². The highest BCUT2D eigenvalue weighted by Gasteiger charge is 2.05. The zero-order chi connectivity index (χ0) is 15.3. The molecule has 0 saturated carbocycles. The number of aryl methyl sites for hydroxylation is 1. The largest absolute Gasteiger partial charge is 0.394 e. The molecular weight excluding hydrogens is 292 g/mol. The molecule has 1 heterocycles. The van der Waals surface area contributed by atoms with Crippen LogP contribution in [0.3, 0.4) is 0 Å². The number of hydrogen-bond donors (Lipinski definition) is 3. The van der Waals surface area contributed by atoms with Crippen molar-refractivity contribution in [2.24, 2.45) is 0 Å². The fraction of sp³-hybridized carbons (Fsp3) is 0.786. The van der Waals surface area contributed by atoms with Crippen LogP contribution in [0.5, 0.6) is 0 Å². The summed E-state index contributed by atoms with van der Waals surface area (Å²) >= 11 is 1.64. The number of thiazole rings is 1. The lowest BCUT2D eigenvalue weighted by atomic mass is 10.3. The molecule has 0 saturated heterocycles. The molecule has 1 rings (SSSR count). The molecule has 3 N–H and O–H groups in total. The number of aliphatic hydroxyl groups excluding tert-OH is 2. The molecule has 0 aliphatic carbocycles. The van der Waals surface area contributed by atoms with Gasteiger partial charge in [-0.2, -0.15) is 0 Å². The minimum atomic E-state index is -0.495. The van der Waals surface area contributed by atoms with E-state index in [0.29, 0.717) is 33.0 Å². The SMILES string of the molecule is Cc1ncsc1CCOCC(O)CNCCCOCCO. The first-order valence-corrected chi connectivity index (χ1v) is 8.16. The summed E-state index contributed by atoms with van der Waals surface area (Å²) in [7, 11) is 0. The topological polar surface area (TPSA) is 83.8 Å². The van der Waals surface area contributed by atoms with Gasteiger partial charge in [0.1, 0.15) is 0 Å². The van der Waals surface area contributed by atoms with Gasteiger partial charge in [-0.15, -0.1) is 11.3 Å². The van der Waals surface area contributed by atoms with Gasteiger partial charge in [0.05, 0.1) is 43.7 Å². The second-order valence-corrected chi connectivity index (χ2v) is 5.67. The van der Waals surface area contributed by atoms with Gasteiger partial charge in [-0.05, 0) is 19.9 Å². The monoisotopic (exact) mass is 318 g/mol. The van der Waals surface area contributed by atoms with Crippen molar-refractivity contribution >= 4 is 11.3 Å². The first-order valence-electron chi connectivity index (χ1n) is 7.28. The van der Waals surface area contributed by atoms with Gasteiger partial charge in [-0.3, -0.25) is 0 Å². The molecular formula is C14H26N2O4S. The normalized spacial score (nSPS) is 12.7. The Balaban J connectivity index is 1.89. The minimum Gasteiger partial charge on any atom is -0.394 e. The van der Waals surface area contributed by atoms with E-state index in [2.05, 4.69) is 10.3 Å². The number of ether oxygens (including phenoxy) is 2. The first kappa shape index (κ1) is 18.5. The molecule has 7 heteroatoms. The molecule has 0 spiro atoms. The van der Waals surface area contributed by atoms with Gasteiger partial charge in [-0.25, -0.2) is 4.98 Å². The third-order valence-corrected chi connectivity index (χ3v) is 3.88. The Bertz CT molecular complexity index is 362. The fourth-order valence-corrected chi connectivity index (χ4v) is 2.51. The molecule has 0 aliphatic rings. The molecule has 0 fully saturated rings. The Morgan fingerprint density at radius 3 is 2.90 bits per heavy atom. The van der Waals surface area contributed by atoms with Crippen LogP contribution >= 0.6 is 11.3 Å². The zero-order valence-corrected chi connectivity index (χ0v) is 13.4. The van der Waals surface area contributed by atoms with Gasteiger partial charge in [0, 0.05) is 24.4 Å². The van der Waals surface area contributed by atoms with Gasteiger partial charge in [0.25, 0.3) is 0 Å². The summed E-state index contributed by atoms with van der Waals surface area (Å²) in [6.45, 7) is 5.30. The predicted octanol–water partition coefficient (Wildman–Crippen LogP) is 0.360. The van der Waals surface area contributed by atoms with Gasteiger partial charge in [0.2, 0.25) is 0 Å². The Labute approximate surface area is 130 Å². The number of aromatic nitrogens is 1. The van der Waals surface area contributed by atoms with Gasteiger partial charge < -0.3 is 25.0 Å². The van der Waals surface area contributed by atoms with E-state index in [4.69, 9.17) is 14.6 Å². The summed E-state index contributed by atoms with van der Waals surface area (Å²) in [5, 5.41) is 21.4. The van der Waals surface area contributed by atoms with Crippen LogP contribution in [-0.4, -0.2) is 67.4 Å². The number of rotatable bonds is 13. The second kappa shape index (κ2) is 12.0. The molecule has 6 nitrogen and oxygen atoms in total. The van der Waals surface area contributed by atoms with Crippen molar-refractivity contribution < 1.29 is 19.7 Å². The Hall–Kier alpha value is -0.570. The van der Waals surface area contributed by atoms with E-state index in [1.54, 1.807) is 11.3 Å². The van der Waals surface area contributed by atoms with Crippen molar-refractivity contribution in [1.82, 2.24) is 10.3 Å². The Morgan fingerprint density at radius 1 is 1.33 bits per heavy atom. The summed E-state index contributed by atoms with van der Waals surface area (Å²) in [6.07, 6.45) is 1.21. The van der Waals surface area contributed by atoms with E-state index in [1.165, 1.54) is 4.88 Å². The highest BCUT2D eigenvalue weighted by Crippen LogP contribution is 2.12. The highest BCUT2D eigenvalue weighted by molar-refractivity contribution is 7.09. The smallest absolute Gasteiger partial charge is 0.0897 e. The molecule has 0 radical (unpaired) electrons. The lowest BCUT2D eigenvalue weighted by molar-refractivity contribution is 0.0379. The maximum atomic E-state index is 9.74. The predicted molar refractivity (Wildman–Crippen MR) is 82.8 cm³/mol. The lowest BCUT2D eigenvalue weighted by Gasteiger charge is -2.12. The standard InChI is InChI=1S/C14H26N2O4S/c1-12-14(21-11-16-12)3-7-20-10-13(18)9-15-4-2-6-19-8-5-17/h11,13,15,17-18H,2-10H2,1H3. The summed E-state index contributed by atoms with van der Waals surface area (Å²) in [5.74, 6) is 0. The zero-order valence-electron chi connectivity index (χ0n) is 12.6. The van der Waals surface area contributed by atoms with Crippen LogP contribution in [-0.2, 0) is 15.9 Å². The number of hydrogen-bond acceptors (Lipinski definition) is 7. The quantitative estimate of drug-likeness (QED) is 0.456. The van der Waals surface area contributed by atoms with Crippen LogP contribution in [0.15, 0.2) is 5.51 Å². The average Bonchev–Trinajstić information content (AvgIpc) is 2.88. The van der Waals surface area contributed by atoms with Crippen molar-refractivity contribution in [3.63, 3.8) is 0 Å². The Morgan fingerprint density at radius 2 is 2.19 bits per heavy atom. The molecule has 1 atom stereocenters. The molecule has 21 heavy (non-hydrogen) atoms. The summed E-state index contributed by atoms with van der Waals surface area (Å²) in [5.41, 5.74) is 2.91. The minimum absolute atomic E-state index is 0.0601. The van der Waals surface area contributed by atoms with E-state index in [1.807, 2.05) is 12.4 Å². The molecule has 1 unspecified atom stereocenters. The maximum absolute atomic E-state index is 9.74. The Kier molecular flexibility index (Phi) is 10.6. The second-order valence-electron chi connectivity index (χ2n) is 4.73. The molecule has 0 amide bonds. The summed E-state index contributed by atoms with van der Waals surface area (Å²) < 4.78 is 10.6. The molecule has 0 aliphatic heterocycles. The van der Waals surface area contributed by atoms with Crippen LogP contribution in [0.4, 0.5) is 0 Å². The van der Waals surface area contributed by atoms with E-state index < -0.39 is 6.10 Å². The lowest BCUT2D eigenvalue weighted by Crippen LogP contribution is -2.31. The van der Waals surface area contributed by atoms with Crippen LogP contribution in [0.1, 0.15) is 17.0 Å². The molecule has 0 bridgehead atoms. The van der Waals surface area contributed by atoms with Gasteiger partial charge >= 0.3 is 0 Å². The fourth-order valence-electron chi connectivity index (χ4n) is 1.74. The highest BCUT2D eigenvalue weighted by atomic mass is 32.1. The molecule has 122 valence electrons. The van der Waals surface area contributed by atoms with Crippen molar-refractivity contribution in [1.29, 1.82) is 0 Å². The van der Waals surface area contributed by atoms with Gasteiger partial charge in [0.15, 0.2) is 0 Å². The maximum Gasteiger partial charge on any atom is 0.0897 e. The summed E-state index contributed by atoms with van der Waals surface area (Å²) in [6, 6.07) is 0. The van der Waals surface area contributed by atoms with E-state index >= 15 is 0 Å². The molecule has 1 aromatic rings. The third-order valence-electron chi connectivity index (χ3n) is 2.89. The van der Waals surface area contributed by atoms with Crippen LogP contribution in [0.2, 0.25) is 0 Å². The number of aliphatic hydroxyl groups is 2. The van der Waals surface area contributed by atoms with E-state index in [-0.39, 0.29) is 6.61 Å². The molecule has 1 aromatic heterocycles. The molecule has 0 aromatic carbocycles. The van der Waals surface area contributed by atoms with Crippen molar-refractivity contribution in [3.8, 4) is 0 Å². The van der Waals surface area contributed by atoms with E-state index in [9.17, 15) is 5.11 Å². The van der Waals surface area contributed by atoms with Crippen molar-refractivity contribution in [2.75, 3.05) is 46.1 Å². The van der Waals surface area contributed by atoms with Crippen molar-refractivity contribution in [3.05, 3.63) is 16.1 Å². The number of nitrogens with one attached hydrogen (secondary N) is 1.